The van der Waals surface area contributed by atoms with Crippen LogP contribution in [0.2, 0.25) is 0 Å². The Kier molecular flexibility index (Phi) is 7.17. The summed E-state index contributed by atoms with van der Waals surface area (Å²) >= 11 is 0. The maximum Gasteiger partial charge on any atom is 0.266 e. The zero-order valence-corrected chi connectivity index (χ0v) is 19.4. The van der Waals surface area contributed by atoms with E-state index in [0.717, 1.165) is 41.3 Å². The van der Waals surface area contributed by atoms with Gasteiger partial charge in [0, 0.05) is 41.5 Å². The van der Waals surface area contributed by atoms with Crippen molar-refractivity contribution in [2.75, 3.05) is 23.3 Å². The van der Waals surface area contributed by atoms with Crippen LogP contribution in [0.15, 0.2) is 60.2 Å². The molecule has 0 aliphatic heterocycles. The number of benzene rings is 2. The van der Waals surface area contributed by atoms with Crippen molar-refractivity contribution in [3.8, 4) is 11.8 Å². The highest BCUT2D eigenvalue weighted by molar-refractivity contribution is 6.09. The van der Waals surface area contributed by atoms with Gasteiger partial charge in [-0.3, -0.25) is 4.79 Å². The van der Waals surface area contributed by atoms with E-state index < -0.39 is 5.91 Å². The third-order valence-electron chi connectivity index (χ3n) is 5.65. The molecule has 2 aromatic carbocycles. The van der Waals surface area contributed by atoms with Gasteiger partial charge >= 0.3 is 0 Å². The van der Waals surface area contributed by atoms with Crippen LogP contribution in [0.25, 0.3) is 11.8 Å². The Bertz CT molecular complexity index is 1180. The minimum Gasteiger partial charge on any atom is -0.372 e. The van der Waals surface area contributed by atoms with E-state index in [2.05, 4.69) is 52.9 Å². The maximum absolute atomic E-state index is 12.7. The molecule has 0 unspecified atom stereocenters. The molecule has 0 bridgehead atoms. The molecule has 0 saturated heterocycles. The van der Waals surface area contributed by atoms with E-state index in [0.29, 0.717) is 5.69 Å². The van der Waals surface area contributed by atoms with Gasteiger partial charge in [0.15, 0.2) is 0 Å². The first-order valence-corrected chi connectivity index (χ1v) is 10.9. The van der Waals surface area contributed by atoms with Crippen LogP contribution in [-0.4, -0.2) is 23.6 Å². The minimum absolute atomic E-state index is 0.0728. The molecule has 1 N–H and O–H groups in total. The fraction of sp³-hybridized carbons (Fsp3) is 0.259. The Morgan fingerprint density at radius 3 is 2.34 bits per heavy atom. The van der Waals surface area contributed by atoms with Crippen LogP contribution in [0.5, 0.6) is 0 Å². The lowest BCUT2D eigenvalue weighted by atomic mass is 10.1. The Morgan fingerprint density at radius 1 is 1.06 bits per heavy atom. The van der Waals surface area contributed by atoms with Crippen molar-refractivity contribution in [1.29, 1.82) is 5.26 Å². The zero-order valence-electron chi connectivity index (χ0n) is 19.4. The van der Waals surface area contributed by atoms with Crippen LogP contribution in [0.4, 0.5) is 11.4 Å². The smallest absolute Gasteiger partial charge is 0.266 e. The fourth-order valence-electron chi connectivity index (χ4n) is 3.96. The van der Waals surface area contributed by atoms with Crippen molar-refractivity contribution in [2.45, 2.75) is 34.6 Å². The number of aryl methyl sites for hydroxylation is 2. The Balaban J connectivity index is 1.89. The van der Waals surface area contributed by atoms with E-state index >= 15 is 0 Å². The first-order valence-electron chi connectivity index (χ1n) is 10.9. The summed E-state index contributed by atoms with van der Waals surface area (Å²) in [6.07, 6.45) is 1.66. The van der Waals surface area contributed by atoms with Crippen molar-refractivity contribution in [3.05, 3.63) is 82.7 Å². The van der Waals surface area contributed by atoms with E-state index in [-0.39, 0.29) is 5.57 Å². The molecule has 0 spiro atoms. The van der Waals surface area contributed by atoms with E-state index in [1.54, 1.807) is 6.08 Å². The topological polar surface area (TPSA) is 61.1 Å². The number of anilines is 2. The number of rotatable bonds is 7. The molecule has 32 heavy (non-hydrogen) atoms. The van der Waals surface area contributed by atoms with Crippen LogP contribution < -0.4 is 10.2 Å². The van der Waals surface area contributed by atoms with Crippen molar-refractivity contribution in [1.82, 2.24) is 4.57 Å². The second kappa shape index (κ2) is 10.0. The summed E-state index contributed by atoms with van der Waals surface area (Å²) in [5.74, 6) is -0.411. The van der Waals surface area contributed by atoms with E-state index in [1.165, 1.54) is 5.69 Å². The third-order valence-corrected chi connectivity index (χ3v) is 5.65. The molecule has 5 nitrogen and oxygen atoms in total. The lowest BCUT2D eigenvalue weighted by Crippen LogP contribution is -2.21. The second-order valence-electron chi connectivity index (χ2n) is 7.84. The molecule has 0 saturated carbocycles. The van der Waals surface area contributed by atoms with Gasteiger partial charge in [-0.25, -0.2) is 0 Å². The molecule has 1 amide bonds. The number of hydrogen-bond acceptors (Lipinski definition) is 3. The van der Waals surface area contributed by atoms with Gasteiger partial charge < -0.3 is 14.8 Å². The Hall–Kier alpha value is -3.78. The van der Waals surface area contributed by atoms with Crippen molar-refractivity contribution < 1.29 is 4.79 Å². The van der Waals surface area contributed by atoms with Crippen molar-refractivity contribution in [3.63, 3.8) is 0 Å². The average molecular weight is 427 g/mol. The van der Waals surface area contributed by atoms with Crippen LogP contribution in [0, 0.1) is 32.1 Å². The summed E-state index contributed by atoms with van der Waals surface area (Å²) in [7, 11) is 0. The summed E-state index contributed by atoms with van der Waals surface area (Å²) in [6.45, 7) is 12.2. The fourth-order valence-corrected chi connectivity index (χ4v) is 3.96. The zero-order chi connectivity index (χ0) is 23.3. The molecule has 5 heteroatoms. The normalized spacial score (nSPS) is 11.2. The van der Waals surface area contributed by atoms with Crippen molar-refractivity contribution >= 4 is 23.4 Å². The molecular formula is C27H30N4O. The molecule has 0 atom stereocenters. The Labute approximate surface area is 190 Å². The van der Waals surface area contributed by atoms with Crippen LogP contribution >= 0.6 is 0 Å². The molecular weight excluding hydrogens is 396 g/mol. The highest BCUT2D eigenvalue weighted by Gasteiger charge is 2.14. The standard InChI is InChI=1S/C27H30N4O/c1-6-30(7-2)25-11-13-26(14-12-25)31-20(4)16-22(21(31)5)17-23(18-28)27(32)29-24-10-8-9-19(3)15-24/h8-17H,6-7H2,1-5H3,(H,29,32)/b23-17-. The van der Waals surface area contributed by atoms with Crippen LogP contribution in [-0.2, 0) is 4.79 Å². The monoisotopic (exact) mass is 426 g/mol. The molecule has 164 valence electrons. The van der Waals surface area contributed by atoms with Crippen molar-refractivity contribution in [2.24, 2.45) is 0 Å². The van der Waals surface area contributed by atoms with Crippen LogP contribution in [0.3, 0.4) is 0 Å². The summed E-state index contributed by atoms with van der Waals surface area (Å²) in [4.78, 5) is 15.0. The van der Waals surface area contributed by atoms with Gasteiger partial charge in [0.2, 0.25) is 0 Å². The largest absolute Gasteiger partial charge is 0.372 e. The predicted molar refractivity (Wildman–Crippen MR) is 132 cm³/mol. The lowest BCUT2D eigenvalue weighted by Gasteiger charge is -2.21. The average Bonchev–Trinajstić information content (AvgIpc) is 3.06. The molecule has 3 aromatic rings. The summed E-state index contributed by atoms with van der Waals surface area (Å²) in [5, 5.41) is 12.4. The lowest BCUT2D eigenvalue weighted by molar-refractivity contribution is -0.112. The highest BCUT2D eigenvalue weighted by atomic mass is 16.1. The number of nitrogens with zero attached hydrogens (tertiary/aromatic N) is 3. The molecule has 1 heterocycles. The van der Waals surface area contributed by atoms with Gasteiger partial charge in [-0.15, -0.1) is 0 Å². The number of nitriles is 1. The van der Waals surface area contributed by atoms with Gasteiger partial charge in [0.05, 0.1) is 0 Å². The highest BCUT2D eigenvalue weighted by Crippen LogP contribution is 2.25. The number of hydrogen-bond donors (Lipinski definition) is 1. The number of carbonyl (C=O) groups is 1. The maximum atomic E-state index is 12.7. The van der Waals surface area contributed by atoms with Gasteiger partial charge in [-0.2, -0.15) is 5.26 Å². The first-order chi connectivity index (χ1) is 15.4. The second-order valence-corrected chi connectivity index (χ2v) is 7.84. The molecule has 3 rings (SSSR count). The first kappa shape index (κ1) is 22.9. The number of nitrogens with one attached hydrogen (secondary N) is 1. The predicted octanol–water partition coefficient (Wildman–Crippen LogP) is 5.79. The quantitative estimate of drug-likeness (QED) is 0.384. The van der Waals surface area contributed by atoms with Gasteiger partial charge in [-0.1, -0.05) is 12.1 Å². The molecule has 0 fully saturated rings. The molecule has 1 aromatic heterocycles. The summed E-state index contributed by atoms with van der Waals surface area (Å²) in [5.41, 5.74) is 6.92. The third kappa shape index (κ3) is 4.92. The SMILES string of the molecule is CCN(CC)c1ccc(-n2c(C)cc(/C=C(/C#N)C(=O)Nc3cccc(C)c3)c2C)cc1. The van der Waals surface area contributed by atoms with E-state index in [9.17, 15) is 10.1 Å². The molecule has 0 radical (unpaired) electrons. The number of carbonyl (C=O) groups excluding carboxylic acids is 1. The number of aromatic nitrogens is 1. The number of amides is 1. The van der Waals surface area contributed by atoms with E-state index in [1.807, 2.05) is 57.2 Å². The minimum atomic E-state index is -0.411. The van der Waals surface area contributed by atoms with Gasteiger partial charge in [0.1, 0.15) is 11.6 Å². The summed E-state index contributed by atoms with van der Waals surface area (Å²) in [6, 6.07) is 20.1. The molecule has 0 aliphatic carbocycles. The van der Waals surface area contributed by atoms with E-state index in [4.69, 9.17) is 0 Å². The molecule has 0 aliphatic rings. The Morgan fingerprint density at radius 2 is 1.75 bits per heavy atom. The van der Waals surface area contributed by atoms with Crippen LogP contribution in [0.1, 0.15) is 36.4 Å². The summed E-state index contributed by atoms with van der Waals surface area (Å²) < 4.78 is 2.14. The van der Waals surface area contributed by atoms with Gasteiger partial charge in [0.25, 0.3) is 5.91 Å². The van der Waals surface area contributed by atoms with Gasteiger partial charge in [-0.05, 0) is 94.3 Å².